The van der Waals surface area contributed by atoms with Gasteiger partial charge in [-0.15, -0.1) is 11.3 Å². The molecule has 18 heavy (non-hydrogen) atoms. The lowest BCUT2D eigenvalue weighted by Crippen LogP contribution is -2.31. The molecule has 3 heteroatoms. The zero-order valence-electron chi connectivity index (χ0n) is 11.7. The van der Waals surface area contributed by atoms with E-state index in [1.807, 2.05) is 6.07 Å². The Morgan fingerprint density at radius 2 is 2.17 bits per heavy atom. The average Bonchev–Trinajstić information content (AvgIpc) is 2.51. The summed E-state index contributed by atoms with van der Waals surface area (Å²) in [7, 11) is 0. The van der Waals surface area contributed by atoms with Crippen molar-refractivity contribution in [2.75, 3.05) is 19.6 Å². The first-order valence-corrected chi connectivity index (χ1v) is 7.70. The van der Waals surface area contributed by atoms with Gasteiger partial charge in [0.25, 0.3) is 0 Å². The smallest absolute Gasteiger partial charge is 0.177 e. The maximum absolute atomic E-state index is 12.3. The average molecular weight is 265 g/mol. The molecule has 0 amide bonds. The quantitative estimate of drug-likeness (QED) is 0.777. The van der Waals surface area contributed by atoms with Gasteiger partial charge in [-0.25, -0.2) is 0 Å². The number of thiophene rings is 1. The van der Waals surface area contributed by atoms with E-state index >= 15 is 0 Å². The van der Waals surface area contributed by atoms with Gasteiger partial charge in [-0.3, -0.25) is 9.69 Å². The second-order valence-electron chi connectivity index (χ2n) is 5.56. The van der Waals surface area contributed by atoms with Crippen LogP contribution in [0.3, 0.4) is 0 Å². The van der Waals surface area contributed by atoms with Gasteiger partial charge in [-0.2, -0.15) is 0 Å². The summed E-state index contributed by atoms with van der Waals surface area (Å²) in [6, 6.07) is 2.04. The van der Waals surface area contributed by atoms with Crippen molar-refractivity contribution in [1.82, 2.24) is 4.90 Å². The lowest BCUT2D eigenvalue weighted by Gasteiger charge is -2.18. The molecule has 0 aromatic carbocycles. The van der Waals surface area contributed by atoms with E-state index in [2.05, 4.69) is 25.7 Å². The number of carbonyl (C=O) groups is 1. The normalized spacial score (nSPS) is 21.8. The Labute approximate surface area is 114 Å². The van der Waals surface area contributed by atoms with Crippen molar-refractivity contribution in [3.63, 3.8) is 0 Å². The molecule has 2 heterocycles. The van der Waals surface area contributed by atoms with Crippen molar-refractivity contribution in [1.29, 1.82) is 0 Å². The zero-order valence-corrected chi connectivity index (χ0v) is 12.5. The molecule has 1 saturated heterocycles. The van der Waals surface area contributed by atoms with Crippen molar-refractivity contribution < 1.29 is 4.79 Å². The largest absolute Gasteiger partial charge is 0.296 e. The van der Waals surface area contributed by atoms with Crippen LogP contribution in [0, 0.1) is 19.8 Å². The van der Waals surface area contributed by atoms with Crippen molar-refractivity contribution in [2.45, 2.75) is 40.0 Å². The van der Waals surface area contributed by atoms with Crippen LogP contribution in [0.4, 0.5) is 0 Å². The fourth-order valence-electron chi connectivity index (χ4n) is 2.68. The van der Waals surface area contributed by atoms with Crippen molar-refractivity contribution in [3.8, 4) is 0 Å². The van der Waals surface area contributed by atoms with Gasteiger partial charge >= 0.3 is 0 Å². The minimum Gasteiger partial charge on any atom is -0.296 e. The molecule has 2 nitrogen and oxygen atoms in total. The van der Waals surface area contributed by atoms with Crippen molar-refractivity contribution in [3.05, 3.63) is 21.4 Å². The summed E-state index contributed by atoms with van der Waals surface area (Å²) in [5.41, 5.74) is 0.940. The molecular weight excluding hydrogens is 242 g/mol. The first-order valence-electron chi connectivity index (χ1n) is 6.89. The van der Waals surface area contributed by atoms with Crippen LogP contribution in [0.15, 0.2) is 6.07 Å². The number of hydrogen-bond donors (Lipinski definition) is 0. The van der Waals surface area contributed by atoms with Crippen LogP contribution in [0.1, 0.15) is 46.3 Å². The third-order valence-electron chi connectivity index (χ3n) is 3.82. The SMILES string of the molecule is Cc1cc(C(=O)CN2CCCC(C)CC2)c(C)s1. The summed E-state index contributed by atoms with van der Waals surface area (Å²) in [5, 5.41) is 0. The molecule has 1 aromatic heterocycles. The highest BCUT2D eigenvalue weighted by Crippen LogP contribution is 2.22. The highest BCUT2D eigenvalue weighted by molar-refractivity contribution is 7.12. The number of hydrogen-bond acceptors (Lipinski definition) is 3. The number of Topliss-reactive ketones (excluding diaryl/α,β-unsaturated/α-hetero) is 1. The Hall–Kier alpha value is -0.670. The van der Waals surface area contributed by atoms with Gasteiger partial charge in [0.05, 0.1) is 6.54 Å². The van der Waals surface area contributed by atoms with Crippen molar-refractivity contribution >= 4 is 17.1 Å². The summed E-state index contributed by atoms with van der Waals surface area (Å²) in [4.78, 5) is 17.0. The number of ketones is 1. The number of likely N-dealkylation sites (tertiary alicyclic amines) is 1. The molecule has 1 aliphatic heterocycles. The number of rotatable bonds is 3. The maximum Gasteiger partial charge on any atom is 0.177 e. The highest BCUT2D eigenvalue weighted by Gasteiger charge is 2.18. The molecule has 2 rings (SSSR count). The van der Waals surface area contributed by atoms with E-state index in [0.717, 1.165) is 24.6 Å². The van der Waals surface area contributed by atoms with Gasteiger partial charge < -0.3 is 0 Å². The van der Waals surface area contributed by atoms with E-state index in [4.69, 9.17) is 0 Å². The summed E-state index contributed by atoms with van der Waals surface area (Å²) < 4.78 is 0. The molecular formula is C15H23NOS. The molecule has 0 aliphatic carbocycles. The second kappa shape index (κ2) is 5.98. The Bertz CT molecular complexity index is 424. The fraction of sp³-hybridized carbons (Fsp3) is 0.667. The van der Waals surface area contributed by atoms with Gasteiger partial charge in [-0.05, 0) is 58.2 Å². The second-order valence-corrected chi connectivity index (χ2v) is 7.02. The van der Waals surface area contributed by atoms with Crippen LogP contribution in [-0.2, 0) is 0 Å². The van der Waals surface area contributed by atoms with E-state index in [-0.39, 0.29) is 0 Å². The first kappa shape index (κ1) is 13.8. The molecule has 0 saturated carbocycles. The topological polar surface area (TPSA) is 20.3 Å². The van der Waals surface area contributed by atoms with Crippen LogP contribution in [0.5, 0.6) is 0 Å². The van der Waals surface area contributed by atoms with E-state index in [9.17, 15) is 4.79 Å². The molecule has 100 valence electrons. The van der Waals surface area contributed by atoms with Crippen LogP contribution in [0.2, 0.25) is 0 Å². The molecule has 0 N–H and O–H groups in total. The van der Waals surface area contributed by atoms with Crippen LogP contribution < -0.4 is 0 Å². The molecule has 0 spiro atoms. The Morgan fingerprint density at radius 3 is 2.83 bits per heavy atom. The number of nitrogens with zero attached hydrogens (tertiary/aromatic N) is 1. The Kier molecular flexibility index (Phi) is 4.57. The summed E-state index contributed by atoms with van der Waals surface area (Å²) in [6.45, 7) is 9.20. The van der Waals surface area contributed by atoms with E-state index in [0.29, 0.717) is 12.3 Å². The molecule has 0 radical (unpaired) electrons. The number of carbonyl (C=O) groups excluding carboxylic acids is 1. The minimum atomic E-state index is 0.298. The highest BCUT2D eigenvalue weighted by atomic mass is 32.1. The predicted molar refractivity (Wildman–Crippen MR) is 77.6 cm³/mol. The van der Waals surface area contributed by atoms with Gasteiger partial charge in [-0.1, -0.05) is 6.92 Å². The first-order chi connectivity index (χ1) is 8.56. The number of aryl methyl sites for hydroxylation is 2. The van der Waals surface area contributed by atoms with Gasteiger partial charge in [0.1, 0.15) is 0 Å². The maximum atomic E-state index is 12.3. The summed E-state index contributed by atoms with van der Waals surface area (Å²) >= 11 is 1.72. The zero-order chi connectivity index (χ0) is 13.1. The lowest BCUT2D eigenvalue weighted by molar-refractivity contribution is 0.0932. The third-order valence-corrected chi connectivity index (χ3v) is 4.78. The Morgan fingerprint density at radius 1 is 1.39 bits per heavy atom. The van der Waals surface area contributed by atoms with Gasteiger partial charge in [0.15, 0.2) is 5.78 Å². The lowest BCUT2D eigenvalue weighted by atomic mass is 10.0. The van der Waals surface area contributed by atoms with Gasteiger partial charge in [0, 0.05) is 15.3 Å². The van der Waals surface area contributed by atoms with E-state index < -0.39 is 0 Å². The molecule has 1 atom stereocenters. The van der Waals surface area contributed by atoms with E-state index in [1.54, 1.807) is 11.3 Å². The molecule has 1 unspecified atom stereocenters. The minimum absolute atomic E-state index is 0.298. The fourth-order valence-corrected chi connectivity index (χ4v) is 3.62. The predicted octanol–water partition coefficient (Wildman–Crippen LogP) is 3.67. The van der Waals surface area contributed by atoms with Crippen LogP contribution >= 0.6 is 11.3 Å². The molecule has 1 fully saturated rings. The molecule has 0 bridgehead atoms. The van der Waals surface area contributed by atoms with E-state index in [1.165, 1.54) is 29.0 Å². The van der Waals surface area contributed by atoms with Crippen LogP contribution in [-0.4, -0.2) is 30.3 Å². The Balaban J connectivity index is 1.96. The monoisotopic (exact) mass is 265 g/mol. The summed E-state index contributed by atoms with van der Waals surface area (Å²) in [5.74, 6) is 1.11. The third kappa shape index (κ3) is 3.42. The summed E-state index contributed by atoms with van der Waals surface area (Å²) in [6.07, 6.45) is 3.77. The molecule has 1 aromatic rings. The van der Waals surface area contributed by atoms with Gasteiger partial charge in [0.2, 0.25) is 0 Å². The standard InChI is InChI=1S/C15H23NOS/c1-11-5-4-7-16(8-6-11)10-15(17)14-9-12(2)18-13(14)3/h9,11H,4-8,10H2,1-3H3. The van der Waals surface area contributed by atoms with Crippen LogP contribution in [0.25, 0.3) is 0 Å². The van der Waals surface area contributed by atoms with Crippen molar-refractivity contribution in [2.24, 2.45) is 5.92 Å². The molecule has 1 aliphatic rings.